The topological polar surface area (TPSA) is 53.7 Å². The highest BCUT2D eigenvalue weighted by Gasteiger charge is 2.07. The molecule has 2 aromatic carbocycles. The van der Waals surface area contributed by atoms with E-state index in [1.54, 1.807) is 14.2 Å². The molecule has 106 valence electrons. The van der Waals surface area contributed by atoms with E-state index in [0.29, 0.717) is 13.2 Å². The van der Waals surface area contributed by atoms with Crippen molar-refractivity contribution in [3.05, 3.63) is 53.6 Å². The largest absolute Gasteiger partial charge is 0.497 e. The van der Waals surface area contributed by atoms with E-state index in [0.717, 1.165) is 28.4 Å². The van der Waals surface area contributed by atoms with Crippen molar-refractivity contribution in [1.29, 1.82) is 0 Å². The lowest BCUT2D eigenvalue weighted by Crippen LogP contribution is -2.04. The SMILES string of the molecule is COc1ccc(CN)c(OCc2ccccc2OC)c1. The van der Waals surface area contributed by atoms with E-state index in [1.807, 2.05) is 42.5 Å². The molecule has 2 aromatic rings. The first kappa shape index (κ1) is 14.2. The van der Waals surface area contributed by atoms with Gasteiger partial charge in [-0.2, -0.15) is 0 Å². The molecule has 0 aliphatic carbocycles. The normalized spacial score (nSPS) is 10.2. The summed E-state index contributed by atoms with van der Waals surface area (Å²) in [6, 6.07) is 13.4. The van der Waals surface area contributed by atoms with Crippen molar-refractivity contribution in [3.8, 4) is 17.2 Å². The number of nitrogens with two attached hydrogens (primary N) is 1. The highest BCUT2D eigenvalue weighted by Crippen LogP contribution is 2.26. The van der Waals surface area contributed by atoms with E-state index in [-0.39, 0.29) is 0 Å². The molecular weight excluding hydrogens is 254 g/mol. The zero-order valence-corrected chi connectivity index (χ0v) is 11.8. The van der Waals surface area contributed by atoms with Gasteiger partial charge in [-0.25, -0.2) is 0 Å². The minimum absolute atomic E-state index is 0.421. The highest BCUT2D eigenvalue weighted by molar-refractivity contribution is 5.41. The Kier molecular flexibility index (Phi) is 4.85. The van der Waals surface area contributed by atoms with E-state index in [9.17, 15) is 0 Å². The van der Waals surface area contributed by atoms with Gasteiger partial charge in [0.05, 0.1) is 14.2 Å². The Morgan fingerprint density at radius 1 is 0.900 bits per heavy atom. The first-order valence-corrected chi connectivity index (χ1v) is 6.40. The van der Waals surface area contributed by atoms with Crippen molar-refractivity contribution in [3.63, 3.8) is 0 Å². The van der Waals surface area contributed by atoms with E-state index >= 15 is 0 Å². The van der Waals surface area contributed by atoms with Gasteiger partial charge in [0.2, 0.25) is 0 Å². The molecule has 2 N–H and O–H groups in total. The molecule has 4 nitrogen and oxygen atoms in total. The van der Waals surface area contributed by atoms with Crippen LogP contribution >= 0.6 is 0 Å². The van der Waals surface area contributed by atoms with Gasteiger partial charge < -0.3 is 19.9 Å². The van der Waals surface area contributed by atoms with Gasteiger partial charge in [0.15, 0.2) is 0 Å². The molecular formula is C16H19NO3. The Labute approximate surface area is 119 Å². The van der Waals surface area contributed by atoms with Crippen LogP contribution in [0.4, 0.5) is 0 Å². The van der Waals surface area contributed by atoms with E-state index in [2.05, 4.69) is 0 Å². The number of rotatable bonds is 6. The Hall–Kier alpha value is -2.20. The number of methoxy groups -OCH3 is 2. The van der Waals surface area contributed by atoms with Gasteiger partial charge in [0, 0.05) is 23.7 Å². The first-order valence-electron chi connectivity index (χ1n) is 6.40. The van der Waals surface area contributed by atoms with Gasteiger partial charge >= 0.3 is 0 Å². The summed E-state index contributed by atoms with van der Waals surface area (Å²) in [6.07, 6.45) is 0. The number of ether oxygens (including phenoxy) is 3. The summed E-state index contributed by atoms with van der Waals surface area (Å²) in [5.74, 6) is 2.29. The average molecular weight is 273 g/mol. The highest BCUT2D eigenvalue weighted by atomic mass is 16.5. The molecule has 0 spiro atoms. The summed E-state index contributed by atoms with van der Waals surface area (Å²) in [5, 5.41) is 0. The van der Waals surface area contributed by atoms with Crippen molar-refractivity contribution in [2.24, 2.45) is 5.73 Å². The van der Waals surface area contributed by atoms with E-state index in [4.69, 9.17) is 19.9 Å². The van der Waals surface area contributed by atoms with Crippen molar-refractivity contribution >= 4 is 0 Å². The lowest BCUT2D eigenvalue weighted by molar-refractivity contribution is 0.292. The lowest BCUT2D eigenvalue weighted by Gasteiger charge is -2.13. The molecule has 0 bridgehead atoms. The molecule has 0 heterocycles. The lowest BCUT2D eigenvalue weighted by atomic mass is 10.2. The fourth-order valence-electron chi connectivity index (χ4n) is 1.94. The number of para-hydroxylation sites is 1. The van der Waals surface area contributed by atoms with Gasteiger partial charge in [-0.1, -0.05) is 24.3 Å². The summed E-state index contributed by atoms with van der Waals surface area (Å²) >= 11 is 0. The number of benzene rings is 2. The van der Waals surface area contributed by atoms with Crippen molar-refractivity contribution in [2.75, 3.05) is 14.2 Å². The van der Waals surface area contributed by atoms with Gasteiger partial charge in [0.25, 0.3) is 0 Å². The van der Waals surface area contributed by atoms with Gasteiger partial charge in [-0.15, -0.1) is 0 Å². The van der Waals surface area contributed by atoms with E-state index < -0.39 is 0 Å². The van der Waals surface area contributed by atoms with Crippen LogP contribution in [0, 0.1) is 0 Å². The van der Waals surface area contributed by atoms with Crippen LogP contribution in [-0.4, -0.2) is 14.2 Å². The third kappa shape index (κ3) is 3.22. The summed E-state index contributed by atoms with van der Waals surface area (Å²) in [7, 11) is 3.27. The van der Waals surface area contributed by atoms with Crippen LogP contribution in [0.25, 0.3) is 0 Å². The molecule has 0 atom stereocenters. The maximum absolute atomic E-state index is 5.86. The Morgan fingerprint density at radius 2 is 1.70 bits per heavy atom. The molecule has 0 radical (unpaired) electrons. The molecule has 0 fully saturated rings. The molecule has 0 amide bonds. The zero-order chi connectivity index (χ0) is 14.4. The van der Waals surface area contributed by atoms with E-state index in [1.165, 1.54) is 0 Å². The number of hydrogen-bond donors (Lipinski definition) is 1. The van der Waals surface area contributed by atoms with Gasteiger partial charge in [-0.05, 0) is 12.1 Å². The third-order valence-electron chi connectivity index (χ3n) is 3.07. The van der Waals surface area contributed by atoms with Crippen LogP contribution in [0.15, 0.2) is 42.5 Å². The molecule has 20 heavy (non-hydrogen) atoms. The smallest absolute Gasteiger partial charge is 0.127 e. The molecule has 0 aromatic heterocycles. The molecule has 0 unspecified atom stereocenters. The summed E-state index contributed by atoms with van der Waals surface area (Å²) in [6.45, 7) is 0.843. The average Bonchev–Trinajstić information content (AvgIpc) is 2.52. The van der Waals surface area contributed by atoms with Crippen LogP contribution in [0.2, 0.25) is 0 Å². The fourth-order valence-corrected chi connectivity index (χ4v) is 1.94. The third-order valence-corrected chi connectivity index (χ3v) is 3.07. The zero-order valence-electron chi connectivity index (χ0n) is 11.8. The minimum atomic E-state index is 0.421. The van der Waals surface area contributed by atoms with Gasteiger partial charge in [-0.3, -0.25) is 0 Å². The second kappa shape index (κ2) is 6.82. The Balaban J connectivity index is 2.17. The van der Waals surface area contributed by atoms with Crippen molar-refractivity contribution in [1.82, 2.24) is 0 Å². The molecule has 0 saturated heterocycles. The first-order chi connectivity index (χ1) is 9.78. The van der Waals surface area contributed by atoms with Crippen LogP contribution < -0.4 is 19.9 Å². The van der Waals surface area contributed by atoms with Crippen molar-refractivity contribution in [2.45, 2.75) is 13.2 Å². The van der Waals surface area contributed by atoms with Crippen LogP contribution in [0.3, 0.4) is 0 Å². The standard InChI is InChI=1S/C16H19NO3/c1-18-14-8-7-12(10-17)16(9-14)20-11-13-5-3-4-6-15(13)19-2/h3-9H,10-11,17H2,1-2H3. The van der Waals surface area contributed by atoms with Crippen LogP contribution in [0.1, 0.15) is 11.1 Å². The summed E-state index contributed by atoms with van der Waals surface area (Å²) in [4.78, 5) is 0. The molecule has 4 heteroatoms. The fraction of sp³-hybridized carbons (Fsp3) is 0.250. The summed E-state index contributed by atoms with van der Waals surface area (Å²) < 4.78 is 16.4. The Bertz CT molecular complexity index is 569. The minimum Gasteiger partial charge on any atom is -0.497 e. The molecule has 0 saturated carbocycles. The van der Waals surface area contributed by atoms with Gasteiger partial charge in [0.1, 0.15) is 23.9 Å². The molecule has 2 rings (SSSR count). The number of hydrogen-bond acceptors (Lipinski definition) is 4. The monoisotopic (exact) mass is 273 g/mol. The maximum Gasteiger partial charge on any atom is 0.127 e. The van der Waals surface area contributed by atoms with Crippen LogP contribution in [0.5, 0.6) is 17.2 Å². The maximum atomic E-state index is 5.86. The predicted octanol–water partition coefficient (Wildman–Crippen LogP) is 2.74. The Morgan fingerprint density at radius 3 is 2.40 bits per heavy atom. The molecule has 0 aliphatic rings. The summed E-state index contributed by atoms with van der Waals surface area (Å²) in [5.41, 5.74) is 7.65. The van der Waals surface area contributed by atoms with Crippen LogP contribution in [-0.2, 0) is 13.2 Å². The van der Waals surface area contributed by atoms with Crippen molar-refractivity contribution < 1.29 is 14.2 Å². The quantitative estimate of drug-likeness (QED) is 0.879. The second-order valence-electron chi connectivity index (χ2n) is 4.28. The predicted molar refractivity (Wildman–Crippen MR) is 78.2 cm³/mol. The second-order valence-corrected chi connectivity index (χ2v) is 4.28. The molecule has 0 aliphatic heterocycles.